The molecule has 1 fully saturated rings. The second kappa shape index (κ2) is 7.80. The van der Waals surface area contributed by atoms with Gasteiger partial charge in [-0.05, 0) is 44.4 Å². The quantitative estimate of drug-likeness (QED) is 0.701. The molecule has 0 atom stereocenters. The van der Waals surface area contributed by atoms with Crippen molar-refractivity contribution in [1.82, 2.24) is 29.8 Å². The smallest absolute Gasteiger partial charge is 0.274 e. The lowest BCUT2D eigenvalue weighted by Gasteiger charge is -2.32. The molecule has 0 N–H and O–H groups in total. The largest absolute Gasteiger partial charge is 0.337 e. The van der Waals surface area contributed by atoms with Crippen LogP contribution in [0.2, 0.25) is 0 Å². The van der Waals surface area contributed by atoms with Crippen LogP contribution in [0.4, 0.5) is 0 Å². The Morgan fingerprint density at radius 1 is 1.00 bits per heavy atom. The van der Waals surface area contributed by atoms with E-state index in [0.29, 0.717) is 18.8 Å². The SMILES string of the molecule is Cc1cnc(C(=O)N2CCC(c3nc(C)ncc3-c3ccncc3)CC2)cn1. The summed E-state index contributed by atoms with van der Waals surface area (Å²) in [5, 5.41) is 0. The molecule has 0 aromatic carbocycles. The van der Waals surface area contributed by atoms with Gasteiger partial charge in [0.2, 0.25) is 0 Å². The fraction of sp³-hybridized carbons (Fsp3) is 0.333. The van der Waals surface area contributed by atoms with Crippen LogP contribution in [0.1, 0.15) is 46.5 Å². The number of carbonyl (C=O) groups excluding carboxylic acids is 1. The van der Waals surface area contributed by atoms with Gasteiger partial charge in [0.05, 0.1) is 17.6 Å². The van der Waals surface area contributed by atoms with Gasteiger partial charge in [0, 0.05) is 49.4 Å². The summed E-state index contributed by atoms with van der Waals surface area (Å²) < 4.78 is 0. The molecule has 0 unspecified atom stereocenters. The van der Waals surface area contributed by atoms with Crippen molar-refractivity contribution in [1.29, 1.82) is 0 Å². The van der Waals surface area contributed by atoms with E-state index in [9.17, 15) is 4.79 Å². The van der Waals surface area contributed by atoms with Gasteiger partial charge in [-0.1, -0.05) is 0 Å². The molecule has 0 aliphatic carbocycles. The number of hydrogen-bond donors (Lipinski definition) is 0. The van der Waals surface area contributed by atoms with Crippen LogP contribution in [-0.2, 0) is 0 Å². The fourth-order valence-corrected chi connectivity index (χ4v) is 3.57. The van der Waals surface area contributed by atoms with Crippen LogP contribution in [0.5, 0.6) is 0 Å². The molecule has 142 valence electrons. The van der Waals surface area contributed by atoms with Crippen molar-refractivity contribution in [3.8, 4) is 11.1 Å². The van der Waals surface area contributed by atoms with E-state index in [1.54, 1.807) is 24.8 Å². The Labute approximate surface area is 163 Å². The van der Waals surface area contributed by atoms with Crippen LogP contribution in [0.25, 0.3) is 11.1 Å². The van der Waals surface area contributed by atoms with Crippen molar-refractivity contribution in [2.24, 2.45) is 0 Å². The summed E-state index contributed by atoms with van der Waals surface area (Å²) in [6.45, 7) is 5.13. The van der Waals surface area contributed by atoms with Crippen molar-refractivity contribution < 1.29 is 4.79 Å². The molecule has 1 aliphatic rings. The standard InChI is InChI=1S/C21H22N6O/c1-14-11-25-19(13-23-14)21(28)27-9-5-17(6-10-27)20-18(12-24-15(2)26-20)16-3-7-22-8-4-16/h3-4,7-8,11-13,17H,5-6,9-10H2,1-2H3. The monoisotopic (exact) mass is 374 g/mol. The van der Waals surface area contributed by atoms with Gasteiger partial charge in [0.15, 0.2) is 0 Å². The number of amides is 1. The third-order valence-electron chi connectivity index (χ3n) is 5.10. The number of hydrogen-bond acceptors (Lipinski definition) is 6. The lowest BCUT2D eigenvalue weighted by molar-refractivity contribution is 0.0705. The first-order valence-electron chi connectivity index (χ1n) is 9.43. The molecule has 3 aromatic heterocycles. The van der Waals surface area contributed by atoms with E-state index in [1.807, 2.05) is 37.1 Å². The molecule has 4 rings (SSSR count). The average Bonchev–Trinajstić information content (AvgIpc) is 2.74. The second-order valence-electron chi connectivity index (χ2n) is 7.06. The number of aryl methyl sites for hydroxylation is 2. The highest BCUT2D eigenvalue weighted by atomic mass is 16.2. The summed E-state index contributed by atoms with van der Waals surface area (Å²) in [6.07, 6.45) is 10.4. The van der Waals surface area contributed by atoms with Gasteiger partial charge in [-0.15, -0.1) is 0 Å². The van der Waals surface area contributed by atoms with Gasteiger partial charge in [-0.2, -0.15) is 0 Å². The molecule has 1 aliphatic heterocycles. The molecule has 1 saturated heterocycles. The van der Waals surface area contributed by atoms with Gasteiger partial charge in [0.25, 0.3) is 5.91 Å². The van der Waals surface area contributed by atoms with Gasteiger partial charge in [-0.25, -0.2) is 15.0 Å². The lowest BCUT2D eigenvalue weighted by atomic mass is 9.89. The molecule has 7 heteroatoms. The highest BCUT2D eigenvalue weighted by Crippen LogP contribution is 2.33. The minimum atomic E-state index is -0.0563. The Morgan fingerprint density at radius 2 is 1.75 bits per heavy atom. The maximum atomic E-state index is 12.7. The van der Waals surface area contributed by atoms with Crippen LogP contribution in [0.15, 0.2) is 43.1 Å². The Kier molecular flexibility index (Phi) is 5.06. The normalized spacial score (nSPS) is 14.9. The predicted molar refractivity (Wildman–Crippen MR) is 105 cm³/mol. The molecule has 0 spiro atoms. The number of nitrogens with zero attached hydrogens (tertiary/aromatic N) is 6. The predicted octanol–water partition coefficient (Wildman–Crippen LogP) is 2.97. The summed E-state index contributed by atoms with van der Waals surface area (Å²) >= 11 is 0. The van der Waals surface area contributed by atoms with Crippen molar-refractivity contribution in [3.63, 3.8) is 0 Å². The first kappa shape index (κ1) is 18.2. The highest BCUT2D eigenvalue weighted by Gasteiger charge is 2.28. The van der Waals surface area contributed by atoms with Crippen molar-refractivity contribution in [3.05, 3.63) is 66.0 Å². The van der Waals surface area contributed by atoms with Crippen LogP contribution >= 0.6 is 0 Å². The van der Waals surface area contributed by atoms with Gasteiger partial charge in [-0.3, -0.25) is 14.8 Å². The minimum absolute atomic E-state index is 0.0563. The molecular formula is C21H22N6O. The summed E-state index contributed by atoms with van der Waals surface area (Å²) in [5.41, 5.74) is 4.37. The molecule has 0 bridgehead atoms. The van der Waals surface area contributed by atoms with E-state index in [2.05, 4.69) is 19.9 Å². The number of aromatic nitrogens is 5. The van der Waals surface area contributed by atoms with Crippen molar-refractivity contribution in [2.75, 3.05) is 13.1 Å². The van der Waals surface area contributed by atoms with E-state index in [4.69, 9.17) is 4.98 Å². The van der Waals surface area contributed by atoms with Crippen LogP contribution in [0, 0.1) is 13.8 Å². The zero-order chi connectivity index (χ0) is 19.5. The van der Waals surface area contributed by atoms with E-state index in [0.717, 1.165) is 41.2 Å². The topological polar surface area (TPSA) is 84.8 Å². The van der Waals surface area contributed by atoms with E-state index in [-0.39, 0.29) is 11.8 Å². The first-order chi connectivity index (χ1) is 13.6. The molecule has 28 heavy (non-hydrogen) atoms. The van der Waals surface area contributed by atoms with E-state index >= 15 is 0 Å². The highest BCUT2D eigenvalue weighted by molar-refractivity contribution is 5.92. The van der Waals surface area contributed by atoms with E-state index < -0.39 is 0 Å². The number of rotatable bonds is 3. The Balaban J connectivity index is 1.52. The Hall–Kier alpha value is -3.22. The van der Waals surface area contributed by atoms with Gasteiger partial charge < -0.3 is 4.90 Å². The summed E-state index contributed by atoms with van der Waals surface area (Å²) in [7, 11) is 0. The number of likely N-dealkylation sites (tertiary alicyclic amines) is 1. The summed E-state index contributed by atoms with van der Waals surface area (Å²) in [6, 6.07) is 3.96. The molecule has 3 aromatic rings. The Morgan fingerprint density at radius 3 is 2.43 bits per heavy atom. The molecule has 1 amide bonds. The summed E-state index contributed by atoms with van der Waals surface area (Å²) in [4.78, 5) is 36.2. The number of pyridine rings is 1. The third kappa shape index (κ3) is 3.74. The number of piperidine rings is 1. The van der Waals surface area contributed by atoms with Crippen molar-refractivity contribution in [2.45, 2.75) is 32.6 Å². The average molecular weight is 374 g/mol. The Bertz CT molecular complexity index is 966. The molecule has 0 radical (unpaired) electrons. The minimum Gasteiger partial charge on any atom is -0.337 e. The fourth-order valence-electron chi connectivity index (χ4n) is 3.57. The summed E-state index contributed by atoms with van der Waals surface area (Å²) in [5.74, 6) is 0.999. The zero-order valence-electron chi connectivity index (χ0n) is 16.0. The zero-order valence-corrected chi connectivity index (χ0v) is 16.0. The molecular weight excluding hydrogens is 352 g/mol. The van der Waals surface area contributed by atoms with Crippen LogP contribution in [-0.4, -0.2) is 48.8 Å². The number of carbonyl (C=O) groups is 1. The van der Waals surface area contributed by atoms with Gasteiger partial charge >= 0.3 is 0 Å². The first-order valence-corrected chi connectivity index (χ1v) is 9.43. The third-order valence-corrected chi connectivity index (χ3v) is 5.10. The second-order valence-corrected chi connectivity index (χ2v) is 7.06. The maximum Gasteiger partial charge on any atom is 0.274 e. The molecule has 0 saturated carbocycles. The van der Waals surface area contributed by atoms with Crippen LogP contribution < -0.4 is 0 Å². The van der Waals surface area contributed by atoms with E-state index in [1.165, 1.54) is 0 Å². The van der Waals surface area contributed by atoms with Crippen molar-refractivity contribution >= 4 is 5.91 Å². The molecule has 7 nitrogen and oxygen atoms in total. The lowest BCUT2D eigenvalue weighted by Crippen LogP contribution is -2.38. The maximum absolute atomic E-state index is 12.7. The van der Waals surface area contributed by atoms with Crippen LogP contribution in [0.3, 0.4) is 0 Å². The van der Waals surface area contributed by atoms with Gasteiger partial charge in [0.1, 0.15) is 11.5 Å². The molecule has 4 heterocycles.